The van der Waals surface area contributed by atoms with Crippen LogP contribution >= 0.6 is 0 Å². The molecule has 0 atom stereocenters. The summed E-state index contributed by atoms with van der Waals surface area (Å²) in [6.07, 6.45) is 2.56. The zero-order valence-electron chi connectivity index (χ0n) is 5.36. The second-order valence-corrected chi connectivity index (χ2v) is 0.931. The molecule has 62 valence electrons. The van der Waals surface area contributed by atoms with Gasteiger partial charge in [0.05, 0.1) is 0 Å². The maximum absolute atomic E-state index is 8.36. The third kappa shape index (κ3) is 17.9. The van der Waals surface area contributed by atoms with Gasteiger partial charge in [0.1, 0.15) is 0 Å². The Morgan fingerprint density at radius 2 is 1.36 bits per heavy atom. The molecular weight excluding hydrogens is 156 g/mol. The van der Waals surface area contributed by atoms with Crippen molar-refractivity contribution in [2.45, 2.75) is 0 Å². The van der Waals surface area contributed by atoms with E-state index in [1.807, 2.05) is 0 Å². The topological polar surface area (TPSA) is 150 Å². The van der Waals surface area contributed by atoms with E-state index in [2.05, 4.69) is 20.4 Å². The minimum Gasteiger partial charge on any atom is -0.344 e. The number of hydrogen-bond acceptors (Lipinski definition) is 7. The molecule has 0 unspecified atom stereocenters. The van der Waals surface area contributed by atoms with E-state index >= 15 is 0 Å². The Bertz CT molecular complexity index is 148. The van der Waals surface area contributed by atoms with Gasteiger partial charge < -0.3 is 11.4 Å². The van der Waals surface area contributed by atoms with Crippen LogP contribution in [0.5, 0.6) is 0 Å². The number of aromatic nitrogens is 4. The summed E-state index contributed by atoms with van der Waals surface area (Å²) in [6.45, 7) is 0. The fourth-order valence-corrected chi connectivity index (χ4v) is 0.165. The lowest BCUT2D eigenvalue weighted by Crippen LogP contribution is -1.81. The molecule has 4 N–H and O–H groups in total. The lowest BCUT2D eigenvalue weighted by atomic mass is 11.3. The minimum absolute atomic E-state index is 0. The van der Waals surface area contributed by atoms with E-state index in [1.54, 1.807) is 0 Å². The Morgan fingerprint density at radius 1 is 1.18 bits per heavy atom. The highest BCUT2D eigenvalue weighted by Gasteiger charge is 1.65. The zero-order valence-corrected chi connectivity index (χ0v) is 5.36. The van der Waals surface area contributed by atoms with E-state index in [9.17, 15) is 0 Å². The van der Waals surface area contributed by atoms with Gasteiger partial charge in [-0.25, -0.2) is 0 Å². The molecule has 0 saturated heterocycles. The second kappa shape index (κ2) is 8.10. The predicted molar refractivity (Wildman–Crippen MR) is 31.4 cm³/mol. The first kappa shape index (κ1) is 11.8. The van der Waals surface area contributed by atoms with Crippen molar-refractivity contribution in [1.29, 1.82) is 0 Å². The molecule has 9 heteroatoms. The summed E-state index contributed by atoms with van der Waals surface area (Å²) in [5.41, 5.74) is 0. The standard InChI is InChI=1S/C2H2N4.HNO3.H3N/c1-3-5-2-6-4-1;2-1(3)4;/h1-2H;(H,2,3,4);1H3. The normalized spacial score (nSPS) is 6.55. The Balaban J connectivity index is 0. The quantitative estimate of drug-likeness (QED) is 0.367. The van der Waals surface area contributed by atoms with Crippen molar-refractivity contribution in [2.24, 2.45) is 0 Å². The molecule has 11 heavy (non-hydrogen) atoms. The molecule has 0 aliphatic rings. The van der Waals surface area contributed by atoms with Gasteiger partial charge in [0, 0.05) is 0 Å². The van der Waals surface area contributed by atoms with E-state index in [1.165, 1.54) is 12.7 Å². The fraction of sp³-hybridized carbons (Fsp3) is 0. The molecule has 0 bridgehead atoms. The van der Waals surface area contributed by atoms with Crippen molar-refractivity contribution >= 4 is 0 Å². The highest BCUT2D eigenvalue weighted by molar-refractivity contribution is 4.35. The van der Waals surface area contributed by atoms with Gasteiger partial charge in [0.15, 0.2) is 12.7 Å². The van der Waals surface area contributed by atoms with E-state index < -0.39 is 5.09 Å². The average Bonchev–Trinajstić information content (AvgIpc) is 1.90. The monoisotopic (exact) mass is 162 g/mol. The van der Waals surface area contributed by atoms with Crippen molar-refractivity contribution in [3.05, 3.63) is 22.8 Å². The van der Waals surface area contributed by atoms with Crippen LogP contribution in [0.2, 0.25) is 0 Å². The fourth-order valence-electron chi connectivity index (χ4n) is 0.165. The molecule has 0 amide bonds. The minimum atomic E-state index is -1.50. The van der Waals surface area contributed by atoms with Crippen LogP contribution in [0, 0.1) is 10.1 Å². The van der Waals surface area contributed by atoms with Crippen LogP contribution in [0.15, 0.2) is 12.7 Å². The molecule has 0 radical (unpaired) electrons. The van der Waals surface area contributed by atoms with Crippen LogP contribution in [0.4, 0.5) is 0 Å². The molecule has 0 aliphatic carbocycles. The number of hydrogen-bond donors (Lipinski definition) is 2. The van der Waals surface area contributed by atoms with Crippen LogP contribution in [-0.4, -0.2) is 30.7 Å². The molecule has 0 spiro atoms. The van der Waals surface area contributed by atoms with Gasteiger partial charge in [0.2, 0.25) is 0 Å². The molecule has 1 aromatic heterocycles. The maximum atomic E-state index is 8.36. The third-order valence-corrected chi connectivity index (χ3v) is 0.340. The second-order valence-electron chi connectivity index (χ2n) is 0.931. The summed E-state index contributed by atoms with van der Waals surface area (Å²) >= 11 is 0. The maximum Gasteiger partial charge on any atom is 0.291 e. The van der Waals surface area contributed by atoms with Crippen molar-refractivity contribution in [1.82, 2.24) is 26.5 Å². The first-order valence-electron chi connectivity index (χ1n) is 2.00. The van der Waals surface area contributed by atoms with E-state index in [-0.39, 0.29) is 6.15 Å². The molecule has 0 aromatic carbocycles. The van der Waals surface area contributed by atoms with E-state index in [4.69, 9.17) is 15.3 Å². The Morgan fingerprint density at radius 3 is 1.45 bits per heavy atom. The van der Waals surface area contributed by atoms with Crippen molar-refractivity contribution in [3.8, 4) is 0 Å². The van der Waals surface area contributed by atoms with Crippen LogP contribution in [0.25, 0.3) is 0 Å². The summed E-state index contributed by atoms with van der Waals surface area (Å²) in [4.78, 5) is 8.36. The molecule has 1 heterocycles. The zero-order chi connectivity index (χ0) is 7.82. The Hall–Kier alpha value is -1.90. The lowest BCUT2D eigenvalue weighted by Gasteiger charge is -1.68. The van der Waals surface area contributed by atoms with Gasteiger partial charge >= 0.3 is 0 Å². The van der Waals surface area contributed by atoms with Gasteiger partial charge in [-0.15, -0.1) is 30.5 Å². The first-order chi connectivity index (χ1) is 4.73. The number of nitrogens with zero attached hydrogens (tertiary/aromatic N) is 5. The molecular formula is C2H6N6O3. The Kier molecular flexibility index (Phi) is 8.72. The molecule has 9 nitrogen and oxygen atoms in total. The summed E-state index contributed by atoms with van der Waals surface area (Å²) < 4.78 is 0. The lowest BCUT2D eigenvalue weighted by molar-refractivity contribution is -0.742. The Labute approximate surface area is 60.8 Å². The number of rotatable bonds is 0. The van der Waals surface area contributed by atoms with Gasteiger partial charge in [-0.3, -0.25) is 0 Å². The SMILES string of the molecule is N.O=[N+]([O-])O.c1nncnn1. The van der Waals surface area contributed by atoms with Crippen LogP contribution < -0.4 is 6.15 Å². The van der Waals surface area contributed by atoms with E-state index in [0.29, 0.717) is 0 Å². The van der Waals surface area contributed by atoms with Gasteiger partial charge in [-0.2, -0.15) is 0 Å². The smallest absolute Gasteiger partial charge is 0.291 e. The van der Waals surface area contributed by atoms with Crippen molar-refractivity contribution in [3.63, 3.8) is 0 Å². The predicted octanol–water partition coefficient (Wildman–Crippen LogP) is -0.919. The summed E-state index contributed by atoms with van der Waals surface area (Å²) in [7, 11) is 0. The molecule has 1 rings (SSSR count). The van der Waals surface area contributed by atoms with Gasteiger partial charge in [0.25, 0.3) is 5.09 Å². The van der Waals surface area contributed by atoms with Crippen LogP contribution in [0.3, 0.4) is 0 Å². The molecule has 0 fully saturated rings. The first-order valence-corrected chi connectivity index (χ1v) is 2.00. The highest BCUT2D eigenvalue weighted by atomic mass is 16.9. The van der Waals surface area contributed by atoms with Crippen molar-refractivity contribution in [2.75, 3.05) is 0 Å². The highest BCUT2D eigenvalue weighted by Crippen LogP contribution is 1.50. The van der Waals surface area contributed by atoms with Crippen LogP contribution in [-0.2, 0) is 0 Å². The largest absolute Gasteiger partial charge is 0.344 e. The summed E-state index contributed by atoms with van der Waals surface area (Å²) in [5.74, 6) is 0. The van der Waals surface area contributed by atoms with Crippen molar-refractivity contribution < 1.29 is 10.3 Å². The molecule has 0 aliphatic heterocycles. The summed E-state index contributed by atoms with van der Waals surface area (Å²) in [5, 5.41) is 27.1. The van der Waals surface area contributed by atoms with E-state index in [0.717, 1.165) is 0 Å². The molecule has 1 aromatic rings. The third-order valence-electron chi connectivity index (χ3n) is 0.340. The van der Waals surface area contributed by atoms with Gasteiger partial charge in [-0.05, 0) is 0 Å². The average molecular weight is 162 g/mol. The summed E-state index contributed by atoms with van der Waals surface area (Å²) in [6, 6.07) is 0. The van der Waals surface area contributed by atoms with Crippen LogP contribution in [0.1, 0.15) is 0 Å². The van der Waals surface area contributed by atoms with Gasteiger partial charge in [-0.1, -0.05) is 0 Å². The molecule has 0 saturated carbocycles.